The molecule has 22 heavy (non-hydrogen) atoms. The molecule has 0 radical (unpaired) electrons. The molecule has 0 fully saturated rings. The molecule has 7 heteroatoms. The number of nitrogens with zero attached hydrogens (tertiary/aromatic N) is 3. The lowest BCUT2D eigenvalue weighted by molar-refractivity contribution is -0.143. The summed E-state index contributed by atoms with van der Waals surface area (Å²) in [6.07, 6.45) is 7.08. The van der Waals surface area contributed by atoms with Crippen LogP contribution >= 0.6 is 0 Å². The largest absolute Gasteiger partial charge is 0.466 e. The van der Waals surface area contributed by atoms with E-state index in [2.05, 4.69) is 15.3 Å². The summed E-state index contributed by atoms with van der Waals surface area (Å²) in [4.78, 5) is 19.5. The maximum atomic E-state index is 11.2. The summed E-state index contributed by atoms with van der Waals surface area (Å²) in [7, 11) is 0. The highest BCUT2D eigenvalue weighted by Gasteiger charge is 2.20. The van der Waals surface area contributed by atoms with Crippen molar-refractivity contribution in [1.29, 1.82) is 0 Å². The Bertz CT molecular complexity index is 513. The molecule has 0 bridgehead atoms. The highest BCUT2D eigenvalue weighted by atomic mass is 16.5. The molecule has 1 aliphatic rings. The number of esters is 1. The third kappa shape index (κ3) is 4.56. The molecule has 0 amide bonds. The molecule has 7 nitrogen and oxygen atoms in total. The first kappa shape index (κ1) is 16.5. The number of hydrogen-bond donors (Lipinski definition) is 2. The Morgan fingerprint density at radius 2 is 2.27 bits per heavy atom. The second-order valence-corrected chi connectivity index (χ2v) is 5.30. The van der Waals surface area contributed by atoms with Crippen molar-refractivity contribution < 1.29 is 14.6 Å². The van der Waals surface area contributed by atoms with Gasteiger partial charge in [0.1, 0.15) is 6.10 Å². The summed E-state index contributed by atoms with van der Waals surface area (Å²) in [5, 5.41) is 13.1. The van der Waals surface area contributed by atoms with Gasteiger partial charge in [0.15, 0.2) is 5.82 Å². The quantitative estimate of drug-likeness (QED) is 0.565. The van der Waals surface area contributed by atoms with Crippen LogP contribution in [0.3, 0.4) is 0 Å². The van der Waals surface area contributed by atoms with Crippen molar-refractivity contribution in [2.45, 2.75) is 51.7 Å². The van der Waals surface area contributed by atoms with Gasteiger partial charge in [-0.3, -0.25) is 9.79 Å². The Hall–Kier alpha value is -1.89. The van der Waals surface area contributed by atoms with Crippen molar-refractivity contribution in [3.05, 3.63) is 12.0 Å². The van der Waals surface area contributed by atoms with Gasteiger partial charge in [-0.1, -0.05) is 12.8 Å². The molecule has 2 rings (SSSR count). The molecule has 0 aromatic carbocycles. The normalized spacial score (nSPS) is 16.7. The maximum Gasteiger partial charge on any atom is 0.305 e. The standard InChI is InChI=1S/C15H24N4O3/c1-2-22-13(21)7-5-3-4-6-8-19-11-18-15-14(19)12(20)9-16-10-17-15/h10-12,20H,2-9H2,1H3,(H,16,17). The minimum absolute atomic E-state index is 0.114. The molecule has 1 aromatic heterocycles. The van der Waals surface area contributed by atoms with E-state index in [0.29, 0.717) is 25.4 Å². The number of unbranched alkanes of at least 4 members (excludes halogenated alkanes) is 3. The molecule has 1 aliphatic heterocycles. The predicted molar refractivity (Wildman–Crippen MR) is 83.9 cm³/mol. The van der Waals surface area contributed by atoms with Crippen LogP contribution in [-0.4, -0.2) is 40.1 Å². The number of anilines is 1. The fourth-order valence-electron chi connectivity index (χ4n) is 2.51. The number of aryl methyl sites for hydroxylation is 1. The van der Waals surface area contributed by atoms with Gasteiger partial charge in [0.2, 0.25) is 0 Å². The topological polar surface area (TPSA) is 88.7 Å². The minimum Gasteiger partial charge on any atom is -0.466 e. The SMILES string of the molecule is CCOC(=O)CCCCCCn1cnc2c1C(O)CN=CN2. The lowest BCUT2D eigenvalue weighted by Crippen LogP contribution is -2.10. The van der Waals surface area contributed by atoms with Crippen molar-refractivity contribution in [2.24, 2.45) is 4.99 Å². The number of fused-ring (bicyclic) bond motifs is 1. The summed E-state index contributed by atoms with van der Waals surface area (Å²) < 4.78 is 6.87. The number of carbonyl (C=O) groups is 1. The average molecular weight is 308 g/mol. The number of imidazole rings is 1. The Morgan fingerprint density at radius 3 is 3.09 bits per heavy atom. The fourth-order valence-corrected chi connectivity index (χ4v) is 2.51. The molecule has 1 atom stereocenters. The number of aromatic nitrogens is 2. The summed E-state index contributed by atoms with van der Waals surface area (Å²) in [5.41, 5.74) is 0.795. The number of aliphatic hydroxyl groups is 1. The van der Waals surface area contributed by atoms with E-state index >= 15 is 0 Å². The zero-order valence-electron chi connectivity index (χ0n) is 13.0. The van der Waals surface area contributed by atoms with Gasteiger partial charge >= 0.3 is 5.97 Å². The van der Waals surface area contributed by atoms with Gasteiger partial charge < -0.3 is 19.7 Å². The van der Waals surface area contributed by atoms with Crippen molar-refractivity contribution >= 4 is 18.1 Å². The first-order chi connectivity index (χ1) is 10.7. The number of aliphatic hydroxyl groups excluding tert-OH is 1. The number of carbonyl (C=O) groups excluding carboxylic acids is 1. The van der Waals surface area contributed by atoms with Gasteiger partial charge in [-0.25, -0.2) is 4.98 Å². The minimum atomic E-state index is -0.618. The van der Waals surface area contributed by atoms with E-state index in [9.17, 15) is 9.90 Å². The first-order valence-electron chi connectivity index (χ1n) is 7.86. The summed E-state index contributed by atoms with van der Waals surface area (Å²) in [5.74, 6) is 0.563. The van der Waals surface area contributed by atoms with E-state index in [0.717, 1.165) is 37.9 Å². The zero-order valence-corrected chi connectivity index (χ0v) is 13.0. The van der Waals surface area contributed by atoms with E-state index in [1.54, 1.807) is 12.7 Å². The van der Waals surface area contributed by atoms with Crippen LogP contribution in [0.4, 0.5) is 5.82 Å². The van der Waals surface area contributed by atoms with Crippen molar-refractivity contribution in [3.63, 3.8) is 0 Å². The van der Waals surface area contributed by atoms with E-state index in [1.807, 2.05) is 11.5 Å². The van der Waals surface area contributed by atoms with Gasteiger partial charge in [0.25, 0.3) is 0 Å². The number of aliphatic imine (C=N–C) groups is 1. The molecular weight excluding hydrogens is 284 g/mol. The Morgan fingerprint density at radius 1 is 1.45 bits per heavy atom. The van der Waals surface area contributed by atoms with Gasteiger partial charge in [-0.05, 0) is 19.8 Å². The summed E-state index contributed by atoms with van der Waals surface area (Å²) in [6.45, 7) is 3.43. The lowest BCUT2D eigenvalue weighted by Gasteiger charge is -2.12. The molecular formula is C15H24N4O3. The van der Waals surface area contributed by atoms with E-state index in [1.165, 1.54) is 0 Å². The molecule has 1 unspecified atom stereocenters. The Kier molecular flexibility index (Phi) is 6.39. The third-order valence-electron chi connectivity index (χ3n) is 3.60. The van der Waals surface area contributed by atoms with Crippen LogP contribution in [0, 0.1) is 0 Å². The van der Waals surface area contributed by atoms with Gasteiger partial charge in [0, 0.05) is 13.0 Å². The molecule has 2 N–H and O–H groups in total. The Labute approximate surface area is 130 Å². The van der Waals surface area contributed by atoms with Gasteiger partial charge in [-0.2, -0.15) is 0 Å². The fraction of sp³-hybridized carbons (Fsp3) is 0.667. The maximum absolute atomic E-state index is 11.2. The Balaban J connectivity index is 1.70. The molecule has 0 aliphatic carbocycles. The number of rotatable bonds is 8. The summed E-state index contributed by atoms with van der Waals surface area (Å²) >= 11 is 0. The number of nitrogens with one attached hydrogen (secondary N) is 1. The van der Waals surface area contributed by atoms with Crippen LogP contribution in [-0.2, 0) is 16.1 Å². The molecule has 1 aromatic rings. The van der Waals surface area contributed by atoms with Crippen molar-refractivity contribution in [3.8, 4) is 0 Å². The average Bonchev–Trinajstić information content (AvgIpc) is 2.81. The highest BCUT2D eigenvalue weighted by molar-refractivity contribution is 5.75. The van der Waals surface area contributed by atoms with Crippen LogP contribution in [0.15, 0.2) is 11.3 Å². The lowest BCUT2D eigenvalue weighted by atomic mass is 10.1. The first-order valence-corrected chi connectivity index (χ1v) is 7.86. The van der Waals surface area contributed by atoms with Gasteiger partial charge in [0.05, 0.1) is 31.5 Å². The third-order valence-corrected chi connectivity index (χ3v) is 3.60. The van der Waals surface area contributed by atoms with Crippen LogP contribution < -0.4 is 5.32 Å². The van der Waals surface area contributed by atoms with Crippen LogP contribution in [0.25, 0.3) is 0 Å². The number of ether oxygens (including phenoxy) is 1. The monoisotopic (exact) mass is 308 g/mol. The molecule has 2 heterocycles. The second kappa shape index (κ2) is 8.53. The molecule has 0 saturated heterocycles. The molecule has 122 valence electrons. The van der Waals surface area contributed by atoms with Crippen molar-refractivity contribution in [2.75, 3.05) is 18.5 Å². The van der Waals surface area contributed by atoms with Gasteiger partial charge in [-0.15, -0.1) is 0 Å². The van der Waals surface area contributed by atoms with Crippen LogP contribution in [0.2, 0.25) is 0 Å². The zero-order chi connectivity index (χ0) is 15.8. The van der Waals surface area contributed by atoms with Crippen molar-refractivity contribution in [1.82, 2.24) is 9.55 Å². The van der Waals surface area contributed by atoms with E-state index in [-0.39, 0.29) is 5.97 Å². The second-order valence-electron chi connectivity index (χ2n) is 5.30. The molecule has 0 saturated carbocycles. The van der Waals surface area contributed by atoms with Crippen LogP contribution in [0.1, 0.15) is 50.8 Å². The summed E-state index contributed by atoms with van der Waals surface area (Å²) in [6, 6.07) is 0. The van der Waals surface area contributed by atoms with E-state index < -0.39 is 6.10 Å². The molecule has 0 spiro atoms. The van der Waals surface area contributed by atoms with E-state index in [4.69, 9.17) is 4.74 Å². The number of hydrogen-bond acceptors (Lipinski definition) is 6. The highest BCUT2D eigenvalue weighted by Crippen LogP contribution is 2.24. The van der Waals surface area contributed by atoms with Crippen LogP contribution in [0.5, 0.6) is 0 Å². The predicted octanol–water partition coefficient (Wildman–Crippen LogP) is 1.88. The smallest absolute Gasteiger partial charge is 0.305 e.